The Kier molecular flexibility index (Phi) is 11.2. The van der Waals surface area contributed by atoms with E-state index < -0.39 is 0 Å². The van der Waals surface area contributed by atoms with Gasteiger partial charge in [-0.1, -0.05) is 70.2 Å². The highest BCUT2D eigenvalue weighted by molar-refractivity contribution is 7.99. The summed E-state index contributed by atoms with van der Waals surface area (Å²) in [5.41, 5.74) is 4.78. The van der Waals surface area contributed by atoms with E-state index in [1.165, 1.54) is 55.4 Å². The monoisotopic (exact) mass is 538 g/mol. The number of esters is 1. The predicted octanol–water partition coefficient (Wildman–Crippen LogP) is 9.43. The Balaban J connectivity index is 1.29. The lowest BCUT2D eigenvalue weighted by Crippen LogP contribution is -2.08. The highest BCUT2D eigenvalue weighted by Crippen LogP contribution is 2.26. The number of aromatic nitrogens is 2. The van der Waals surface area contributed by atoms with E-state index in [1.54, 1.807) is 12.1 Å². The van der Waals surface area contributed by atoms with Crippen LogP contribution in [0.15, 0.2) is 90.1 Å². The molecule has 4 nitrogen and oxygen atoms in total. The van der Waals surface area contributed by atoms with Gasteiger partial charge in [0.1, 0.15) is 5.75 Å². The van der Waals surface area contributed by atoms with Crippen molar-refractivity contribution in [1.29, 1.82) is 0 Å². The van der Waals surface area contributed by atoms with Crippen molar-refractivity contribution < 1.29 is 9.53 Å². The van der Waals surface area contributed by atoms with Crippen molar-refractivity contribution in [3.05, 3.63) is 96.3 Å². The summed E-state index contributed by atoms with van der Waals surface area (Å²) in [5.74, 6) is 1.94. The second-order valence-electron chi connectivity index (χ2n) is 9.80. The van der Waals surface area contributed by atoms with Gasteiger partial charge in [0.05, 0.1) is 5.56 Å². The summed E-state index contributed by atoms with van der Waals surface area (Å²) in [5, 5.41) is 0. The summed E-state index contributed by atoms with van der Waals surface area (Å²) in [7, 11) is 0. The number of carbonyl (C=O) groups is 1. The molecule has 0 atom stereocenters. The fraction of sp³-hybridized carbons (Fsp3) is 0.324. The number of nitrogens with zero attached hydrogens (tertiary/aromatic N) is 2. The van der Waals surface area contributed by atoms with Crippen molar-refractivity contribution in [3.8, 4) is 28.3 Å². The smallest absolute Gasteiger partial charge is 0.343 e. The minimum absolute atomic E-state index is 0.378. The first-order chi connectivity index (χ1) is 19.2. The van der Waals surface area contributed by atoms with Crippen LogP contribution in [0.3, 0.4) is 0 Å². The number of unbranched alkanes of at least 4 members (excludes halogenated alkanes) is 5. The Morgan fingerprint density at radius 1 is 0.692 bits per heavy atom. The Morgan fingerprint density at radius 3 is 1.92 bits per heavy atom. The lowest BCUT2D eigenvalue weighted by Gasteiger charge is -2.08. The van der Waals surface area contributed by atoms with Crippen LogP contribution in [0.1, 0.15) is 74.7 Å². The van der Waals surface area contributed by atoms with Crippen molar-refractivity contribution in [3.63, 3.8) is 0 Å². The van der Waals surface area contributed by atoms with E-state index in [0.717, 1.165) is 28.9 Å². The molecule has 0 aliphatic heterocycles. The molecular formula is C34H38N2O2S. The fourth-order valence-electron chi connectivity index (χ4n) is 4.31. The molecule has 4 aromatic rings. The number of carbonyl (C=O) groups excluding carboxylic acids is 1. The van der Waals surface area contributed by atoms with Crippen LogP contribution in [0, 0.1) is 0 Å². The molecule has 0 spiro atoms. The second kappa shape index (κ2) is 15.2. The molecule has 202 valence electrons. The quantitative estimate of drug-likeness (QED) is 0.0692. The normalized spacial score (nSPS) is 10.9. The minimum Gasteiger partial charge on any atom is -0.423 e. The summed E-state index contributed by atoms with van der Waals surface area (Å²) >= 11 is 1.91. The Morgan fingerprint density at radius 2 is 1.28 bits per heavy atom. The molecule has 0 saturated carbocycles. The summed E-state index contributed by atoms with van der Waals surface area (Å²) in [6.45, 7) is 4.45. The largest absolute Gasteiger partial charge is 0.423 e. The maximum absolute atomic E-state index is 12.7. The number of hydrogen-bond acceptors (Lipinski definition) is 5. The zero-order valence-corrected chi connectivity index (χ0v) is 23.9. The van der Waals surface area contributed by atoms with E-state index in [0.29, 0.717) is 17.1 Å². The average molecular weight is 539 g/mol. The fourth-order valence-corrected chi connectivity index (χ4v) is 5.22. The van der Waals surface area contributed by atoms with Crippen LogP contribution in [0.5, 0.6) is 5.75 Å². The minimum atomic E-state index is -0.378. The molecule has 1 heterocycles. The number of benzene rings is 3. The van der Waals surface area contributed by atoms with Gasteiger partial charge < -0.3 is 4.74 Å². The molecular weight excluding hydrogens is 500 g/mol. The van der Waals surface area contributed by atoms with Gasteiger partial charge in [0.2, 0.25) is 0 Å². The molecule has 4 rings (SSSR count). The van der Waals surface area contributed by atoms with E-state index in [-0.39, 0.29) is 5.97 Å². The SMILES string of the molecule is CCCCCCc1cnc(-c2ccc(OC(=O)c3ccc(-c4ccc(SCCCCC)cc4)cc3)cc2)nc1. The van der Waals surface area contributed by atoms with E-state index in [2.05, 4.69) is 48.1 Å². The first kappa shape index (κ1) is 28.6. The standard InChI is InChI=1S/C34H38N2O2S/c1-3-5-7-8-10-26-24-35-33(36-25-26)29-15-19-31(20-16-29)38-34(37)30-13-11-27(12-14-30)28-17-21-32(22-18-28)39-23-9-6-4-2/h11-22,24-25H,3-10,23H2,1-2H3. The van der Waals surface area contributed by atoms with Gasteiger partial charge in [-0.05, 0) is 90.2 Å². The van der Waals surface area contributed by atoms with Crippen LogP contribution in [0.4, 0.5) is 0 Å². The zero-order valence-electron chi connectivity index (χ0n) is 23.1. The molecule has 0 radical (unpaired) electrons. The lowest BCUT2D eigenvalue weighted by atomic mass is 10.0. The van der Waals surface area contributed by atoms with E-state index in [9.17, 15) is 4.79 Å². The molecule has 0 saturated heterocycles. The predicted molar refractivity (Wildman–Crippen MR) is 162 cm³/mol. The highest BCUT2D eigenvalue weighted by Gasteiger charge is 2.10. The van der Waals surface area contributed by atoms with E-state index in [1.807, 2.05) is 60.6 Å². The Labute approximate surface area is 237 Å². The van der Waals surface area contributed by atoms with Gasteiger partial charge in [0, 0.05) is 22.9 Å². The Hall–Kier alpha value is -3.44. The van der Waals surface area contributed by atoms with Crippen molar-refractivity contribution in [1.82, 2.24) is 9.97 Å². The topological polar surface area (TPSA) is 52.1 Å². The van der Waals surface area contributed by atoms with Crippen LogP contribution >= 0.6 is 11.8 Å². The molecule has 0 aliphatic rings. The van der Waals surface area contributed by atoms with Crippen molar-refractivity contribution in [2.75, 3.05) is 5.75 Å². The number of hydrogen-bond donors (Lipinski definition) is 0. The molecule has 0 unspecified atom stereocenters. The average Bonchev–Trinajstić information content (AvgIpc) is 2.99. The van der Waals surface area contributed by atoms with Gasteiger partial charge in [-0.2, -0.15) is 0 Å². The van der Waals surface area contributed by atoms with Crippen LogP contribution in [0.25, 0.3) is 22.5 Å². The van der Waals surface area contributed by atoms with Crippen LogP contribution < -0.4 is 4.74 Å². The van der Waals surface area contributed by atoms with Gasteiger partial charge in [0.25, 0.3) is 0 Å². The molecule has 1 aromatic heterocycles. The summed E-state index contributed by atoms with van der Waals surface area (Å²) in [6.07, 6.45) is 13.6. The van der Waals surface area contributed by atoms with Gasteiger partial charge in [0.15, 0.2) is 5.82 Å². The lowest BCUT2D eigenvalue weighted by molar-refractivity contribution is 0.0735. The molecule has 0 amide bonds. The Bertz CT molecular complexity index is 1290. The third-order valence-electron chi connectivity index (χ3n) is 6.67. The molecule has 0 fully saturated rings. The van der Waals surface area contributed by atoms with Crippen molar-refractivity contribution >= 4 is 17.7 Å². The van der Waals surface area contributed by atoms with Gasteiger partial charge in [-0.15, -0.1) is 11.8 Å². The van der Waals surface area contributed by atoms with Crippen LogP contribution in [0.2, 0.25) is 0 Å². The zero-order chi connectivity index (χ0) is 27.3. The summed E-state index contributed by atoms with van der Waals surface area (Å²) in [6, 6.07) is 23.5. The van der Waals surface area contributed by atoms with Gasteiger partial charge >= 0.3 is 5.97 Å². The number of thioether (sulfide) groups is 1. The molecule has 39 heavy (non-hydrogen) atoms. The van der Waals surface area contributed by atoms with Crippen LogP contribution in [-0.4, -0.2) is 21.7 Å². The van der Waals surface area contributed by atoms with Gasteiger partial charge in [-0.25, -0.2) is 14.8 Å². The number of ether oxygens (including phenoxy) is 1. The van der Waals surface area contributed by atoms with E-state index in [4.69, 9.17) is 4.74 Å². The molecule has 3 aromatic carbocycles. The van der Waals surface area contributed by atoms with Crippen molar-refractivity contribution in [2.24, 2.45) is 0 Å². The van der Waals surface area contributed by atoms with Crippen LogP contribution in [-0.2, 0) is 6.42 Å². The first-order valence-corrected chi connectivity index (χ1v) is 15.1. The first-order valence-electron chi connectivity index (χ1n) is 14.1. The number of rotatable bonds is 14. The second-order valence-corrected chi connectivity index (χ2v) is 11.0. The molecule has 0 N–H and O–H groups in total. The maximum atomic E-state index is 12.7. The summed E-state index contributed by atoms with van der Waals surface area (Å²) in [4.78, 5) is 23.1. The molecule has 0 aliphatic carbocycles. The third kappa shape index (κ3) is 8.79. The number of aryl methyl sites for hydroxylation is 1. The molecule has 0 bridgehead atoms. The van der Waals surface area contributed by atoms with E-state index >= 15 is 0 Å². The third-order valence-corrected chi connectivity index (χ3v) is 7.77. The highest BCUT2D eigenvalue weighted by atomic mass is 32.2. The molecule has 5 heteroatoms. The summed E-state index contributed by atoms with van der Waals surface area (Å²) < 4.78 is 5.61. The van der Waals surface area contributed by atoms with Gasteiger partial charge in [-0.3, -0.25) is 0 Å². The van der Waals surface area contributed by atoms with Crippen molar-refractivity contribution in [2.45, 2.75) is 70.1 Å². The maximum Gasteiger partial charge on any atom is 0.343 e.